The van der Waals surface area contributed by atoms with Crippen molar-refractivity contribution in [3.63, 3.8) is 0 Å². The molecule has 2 aromatic carbocycles. The molecule has 1 amide bonds. The lowest BCUT2D eigenvalue weighted by molar-refractivity contribution is -0.385. The zero-order chi connectivity index (χ0) is 22.0. The van der Waals surface area contributed by atoms with Gasteiger partial charge in [-0.2, -0.15) is 0 Å². The molecule has 0 saturated carbocycles. The van der Waals surface area contributed by atoms with Gasteiger partial charge >= 0.3 is 0 Å². The minimum absolute atomic E-state index is 0.0421. The first-order chi connectivity index (χ1) is 14.9. The van der Waals surface area contributed by atoms with Crippen LogP contribution >= 0.6 is 11.8 Å². The monoisotopic (exact) mass is 435 g/mol. The molecule has 0 unspecified atom stereocenters. The number of furan rings is 1. The number of carbonyl (C=O) groups is 1. The van der Waals surface area contributed by atoms with E-state index in [1.807, 2.05) is 12.1 Å². The Morgan fingerprint density at radius 1 is 1.19 bits per heavy atom. The molecule has 2 heterocycles. The Morgan fingerprint density at radius 2 is 1.97 bits per heavy atom. The summed E-state index contributed by atoms with van der Waals surface area (Å²) in [6, 6.07) is 16.5. The van der Waals surface area contributed by atoms with Crippen molar-refractivity contribution in [1.82, 2.24) is 5.32 Å². The van der Waals surface area contributed by atoms with Crippen LogP contribution in [0.4, 0.5) is 11.4 Å². The molecule has 0 radical (unpaired) electrons. The second-order valence-corrected chi connectivity index (χ2v) is 8.28. The number of nitrogens with zero attached hydrogens (tertiary/aromatic N) is 1. The number of nitro groups is 1. The van der Waals surface area contributed by atoms with Gasteiger partial charge < -0.3 is 15.1 Å². The molecule has 31 heavy (non-hydrogen) atoms. The number of rotatable bonds is 6. The summed E-state index contributed by atoms with van der Waals surface area (Å²) in [5, 5.41) is 17.4. The zero-order valence-corrected chi connectivity index (χ0v) is 17.9. The molecule has 0 bridgehead atoms. The number of amides is 1. The molecule has 8 heteroatoms. The number of nitro benzene ring substituents is 1. The fourth-order valence-corrected chi connectivity index (χ4v) is 4.19. The van der Waals surface area contributed by atoms with Crippen LogP contribution in [0.5, 0.6) is 0 Å². The Kier molecular flexibility index (Phi) is 5.81. The molecule has 4 rings (SSSR count). The number of hydrogen-bond acceptors (Lipinski definition) is 6. The maximum Gasteiger partial charge on any atom is 0.273 e. The van der Waals surface area contributed by atoms with Crippen LogP contribution in [0, 0.1) is 17.0 Å². The largest absolute Gasteiger partial charge is 0.457 e. The molecule has 0 aliphatic carbocycles. The van der Waals surface area contributed by atoms with E-state index in [-0.39, 0.29) is 17.1 Å². The van der Waals surface area contributed by atoms with Crippen LogP contribution in [-0.4, -0.2) is 16.3 Å². The highest BCUT2D eigenvalue weighted by Gasteiger charge is 2.27. The first kappa shape index (κ1) is 20.7. The van der Waals surface area contributed by atoms with Gasteiger partial charge in [0.2, 0.25) is 0 Å². The lowest BCUT2D eigenvalue weighted by atomic mass is 10.1. The molecule has 1 atom stereocenters. The molecule has 1 saturated heterocycles. The van der Waals surface area contributed by atoms with Crippen molar-refractivity contribution in [2.75, 3.05) is 5.32 Å². The predicted molar refractivity (Wildman–Crippen MR) is 122 cm³/mol. The van der Waals surface area contributed by atoms with E-state index < -0.39 is 4.92 Å². The molecule has 1 aromatic heterocycles. The van der Waals surface area contributed by atoms with Gasteiger partial charge in [-0.05, 0) is 43.2 Å². The lowest BCUT2D eigenvalue weighted by Crippen LogP contribution is -2.30. The predicted octanol–water partition coefficient (Wildman–Crippen LogP) is 5.33. The Morgan fingerprint density at radius 3 is 2.68 bits per heavy atom. The van der Waals surface area contributed by atoms with E-state index in [9.17, 15) is 14.9 Å². The Bertz CT molecular complexity index is 1170. The van der Waals surface area contributed by atoms with Crippen molar-refractivity contribution in [3.05, 3.63) is 86.5 Å². The highest BCUT2D eigenvalue weighted by molar-refractivity contribution is 8.05. The van der Waals surface area contributed by atoms with Gasteiger partial charge in [-0.15, -0.1) is 0 Å². The fourth-order valence-electron chi connectivity index (χ4n) is 3.23. The Balaban J connectivity index is 1.48. The van der Waals surface area contributed by atoms with E-state index in [0.717, 1.165) is 12.1 Å². The third kappa shape index (κ3) is 4.64. The molecule has 1 aliphatic heterocycles. The second-order valence-electron chi connectivity index (χ2n) is 7.14. The van der Waals surface area contributed by atoms with Gasteiger partial charge in [-0.1, -0.05) is 43.0 Å². The average Bonchev–Trinajstić information content (AvgIpc) is 3.35. The second kappa shape index (κ2) is 8.69. The smallest absolute Gasteiger partial charge is 0.273 e. The number of nitrogens with one attached hydrogen (secondary N) is 2. The van der Waals surface area contributed by atoms with Gasteiger partial charge in [-0.3, -0.25) is 14.9 Å². The van der Waals surface area contributed by atoms with Gasteiger partial charge in [0.15, 0.2) is 5.50 Å². The summed E-state index contributed by atoms with van der Waals surface area (Å²) in [7, 11) is 0. The molecule has 1 aliphatic rings. The fraction of sp³-hybridized carbons (Fsp3) is 0.174. The summed E-state index contributed by atoms with van der Waals surface area (Å²) in [5.74, 6) is 0.824. The highest BCUT2D eigenvalue weighted by Crippen LogP contribution is 2.33. The zero-order valence-electron chi connectivity index (χ0n) is 17.0. The minimum atomic E-state index is -0.410. The summed E-state index contributed by atoms with van der Waals surface area (Å²) in [5.41, 5.74) is 3.14. The van der Waals surface area contributed by atoms with E-state index >= 15 is 0 Å². The topological polar surface area (TPSA) is 97.4 Å². The maximum atomic E-state index is 12.4. The Labute approximate surface area is 183 Å². The molecular weight excluding hydrogens is 414 g/mol. The SMILES string of the molecule is CCc1ccc(N[C@H]2NC(=O)/C(=C/c3ccc(-c4ccc(C)c([N+](=O)[O-])c4)o3)S2)cc1. The first-order valence-electron chi connectivity index (χ1n) is 9.83. The number of aryl methyl sites for hydroxylation is 2. The number of thioether (sulfide) groups is 1. The van der Waals surface area contributed by atoms with Crippen molar-refractivity contribution >= 4 is 35.1 Å². The highest BCUT2D eigenvalue weighted by atomic mass is 32.2. The molecular formula is C23H21N3O4S. The van der Waals surface area contributed by atoms with Crippen molar-refractivity contribution in [2.24, 2.45) is 0 Å². The van der Waals surface area contributed by atoms with E-state index in [1.165, 1.54) is 23.4 Å². The van der Waals surface area contributed by atoms with Crippen LogP contribution in [0.15, 0.2) is 63.9 Å². The van der Waals surface area contributed by atoms with Gasteiger partial charge in [0.05, 0.1) is 9.83 Å². The average molecular weight is 436 g/mol. The summed E-state index contributed by atoms with van der Waals surface area (Å²) in [6.45, 7) is 3.80. The summed E-state index contributed by atoms with van der Waals surface area (Å²) in [6.07, 6.45) is 2.65. The van der Waals surface area contributed by atoms with E-state index in [4.69, 9.17) is 4.42 Å². The van der Waals surface area contributed by atoms with Crippen molar-refractivity contribution in [3.8, 4) is 11.3 Å². The van der Waals surface area contributed by atoms with Crippen LogP contribution in [0.1, 0.15) is 23.8 Å². The normalized spacial score (nSPS) is 17.0. The Hall–Kier alpha value is -3.52. The molecule has 0 spiro atoms. The third-order valence-corrected chi connectivity index (χ3v) is 6.01. The minimum Gasteiger partial charge on any atom is -0.457 e. The molecule has 1 fully saturated rings. The van der Waals surface area contributed by atoms with Crippen molar-refractivity contribution < 1.29 is 14.1 Å². The number of carbonyl (C=O) groups excluding carboxylic acids is 1. The summed E-state index contributed by atoms with van der Waals surface area (Å²) >= 11 is 1.37. The van der Waals surface area contributed by atoms with Crippen LogP contribution in [0.3, 0.4) is 0 Å². The van der Waals surface area contributed by atoms with E-state index in [2.05, 4.69) is 29.7 Å². The van der Waals surface area contributed by atoms with Gasteiger partial charge in [0, 0.05) is 29.0 Å². The number of hydrogen-bond donors (Lipinski definition) is 2. The number of anilines is 1. The maximum absolute atomic E-state index is 12.4. The van der Waals surface area contributed by atoms with Crippen molar-refractivity contribution in [2.45, 2.75) is 25.8 Å². The van der Waals surface area contributed by atoms with Crippen molar-refractivity contribution in [1.29, 1.82) is 0 Å². The van der Waals surface area contributed by atoms with Gasteiger partial charge in [0.25, 0.3) is 11.6 Å². The third-order valence-electron chi connectivity index (χ3n) is 4.98. The summed E-state index contributed by atoms with van der Waals surface area (Å²) < 4.78 is 5.82. The standard InChI is InChI=1S/C23H21N3O4S/c1-3-15-5-8-17(9-6-15)24-23-25-22(27)21(31-23)13-18-10-11-20(30-18)16-7-4-14(2)19(12-16)26(28)29/h4-13,23-24H,3H2,1-2H3,(H,25,27)/b21-13-/t23-/m0/s1. The van der Waals surface area contributed by atoms with E-state index in [0.29, 0.717) is 27.6 Å². The molecule has 3 aromatic rings. The number of benzene rings is 2. The lowest BCUT2D eigenvalue weighted by Gasteiger charge is -2.12. The van der Waals surface area contributed by atoms with Gasteiger partial charge in [-0.25, -0.2) is 0 Å². The van der Waals surface area contributed by atoms with Crippen LogP contribution < -0.4 is 10.6 Å². The molecule has 2 N–H and O–H groups in total. The molecule has 158 valence electrons. The first-order valence-corrected chi connectivity index (χ1v) is 10.7. The van der Waals surface area contributed by atoms with Crippen LogP contribution in [0.2, 0.25) is 0 Å². The summed E-state index contributed by atoms with van der Waals surface area (Å²) in [4.78, 5) is 23.7. The van der Waals surface area contributed by atoms with Gasteiger partial charge in [0.1, 0.15) is 11.5 Å². The van der Waals surface area contributed by atoms with Crippen LogP contribution in [0.25, 0.3) is 17.4 Å². The van der Waals surface area contributed by atoms with Crippen LogP contribution in [-0.2, 0) is 11.2 Å². The van der Waals surface area contributed by atoms with E-state index in [1.54, 1.807) is 37.3 Å². The molecule has 7 nitrogen and oxygen atoms in total. The quantitative estimate of drug-likeness (QED) is 0.309.